The molecule has 2 aromatic rings. The maximum Gasteiger partial charge on any atom is 0.252 e. The molecule has 0 aromatic carbocycles. The van der Waals surface area contributed by atoms with E-state index < -0.39 is 10.0 Å². The van der Waals surface area contributed by atoms with E-state index in [1.165, 1.54) is 15.6 Å². The number of nitrogens with one attached hydrogen (secondary N) is 1. The van der Waals surface area contributed by atoms with Gasteiger partial charge in [0, 0.05) is 37.8 Å². The summed E-state index contributed by atoms with van der Waals surface area (Å²) in [5, 5.41) is 4.94. The second kappa shape index (κ2) is 7.37. The molecule has 0 spiro atoms. The van der Waals surface area contributed by atoms with Crippen molar-refractivity contribution in [2.45, 2.75) is 30.9 Å². The molecule has 126 valence electrons. The molecular weight excluding hydrogens is 332 g/mol. The first-order valence-electron chi connectivity index (χ1n) is 7.40. The Morgan fingerprint density at radius 2 is 2.09 bits per heavy atom. The summed E-state index contributed by atoms with van der Waals surface area (Å²) in [4.78, 5) is 8.85. The van der Waals surface area contributed by atoms with Gasteiger partial charge in [0.15, 0.2) is 0 Å². The van der Waals surface area contributed by atoms with Crippen LogP contribution in [0, 0.1) is 6.92 Å². The third-order valence-electron chi connectivity index (χ3n) is 3.28. The van der Waals surface area contributed by atoms with Crippen LogP contribution in [0.5, 0.6) is 0 Å². The van der Waals surface area contributed by atoms with Gasteiger partial charge < -0.3 is 5.32 Å². The van der Waals surface area contributed by atoms with Gasteiger partial charge in [-0.2, -0.15) is 4.31 Å². The third kappa shape index (κ3) is 4.49. The molecule has 2 rings (SSSR count). The van der Waals surface area contributed by atoms with E-state index in [9.17, 15) is 8.42 Å². The molecule has 0 saturated heterocycles. The summed E-state index contributed by atoms with van der Waals surface area (Å²) in [7, 11) is -1.82. The topological polar surface area (TPSA) is 75.2 Å². The predicted molar refractivity (Wildman–Crippen MR) is 93.5 cm³/mol. The number of nitrogens with zero attached hydrogens (tertiary/aromatic N) is 3. The van der Waals surface area contributed by atoms with E-state index in [0.717, 1.165) is 17.3 Å². The summed E-state index contributed by atoms with van der Waals surface area (Å²) in [6.45, 7) is 6.85. The summed E-state index contributed by atoms with van der Waals surface area (Å²) in [6, 6.07) is 5.22. The van der Waals surface area contributed by atoms with Gasteiger partial charge in [0.1, 0.15) is 15.9 Å². The van der Waals surface area contributed by atoms with Crippen LogP contribution >= 0.6 is 11.3 Å². The van der Waals surface area contributed by atoms with E-state index in [2.05, 4.69) is 15.3 Å². The van der Waals surface area contributed by atoms with Crippen molar-refractivity contribution in [1.82, 2.24) is 14.3 Å². The predicted octanol–water partition coefficient (Wildman–Crippen LogP) is 2.70. The van der Waals surface area contributed by atoms with Crippen LogP contribution in [0.4, 0.5) is 5.82 Å². The average Bonchev–Trinajstić information content (AvgIpc) is 3.01. The van der Waals surface area contributed by atoms with Gasteiger partial charge in [-0.15, -0.1) is 11.3 Å². The molecule has 0 aliphatic carbocycles. The maximum absolute atomic E-state index is 12.3. The zero-order valence-corrected chi connectivity index (χ0v) is 15.4. The minimum absolute atomic E-state index is 0.248. The van der Waals surface area contributed by atoms with Crippen LogP contribution in [0.2, 0.25) is 0 Å². The number of aromatic nitrogens is 2. The Hall–Kier alpha value is -1.51. The fraction of sp³-hybridized carbons (Fsp3) is 0.467. The second-order valence-corrected chi connectivity index (χ2v) is 8.81. The Kier molecular flexibility index (Phi) is 5.72. The molecule has 8 heteroatoms. The quantitative estimate of drug-likeness (QED) is 0.827. The summed E-state index contributed by atoms with van der Waals surface area (Å²) in [5.74, 6) is 1.76. The minimum Gasteiger partial charge on any atom is -0.369 e. The van der Waals surface area contributed by atoms with Crippen LogP contribution in [-0.2, 0) is 10.0 Å². The highest BCUT2D eigenvalue weighted by atomic mass is 32.2. The van der Waals surface area contributed by atoms with E-state index >= 15 is 0 Å². The van der Waals surface area contributed by atoms with Gasteiger partial charge in [0.2, 0.25) is 0 Å². The summed E-state index contributed by atoms with van der Waals surface area (Å²) < 4.78 is 26.3. The van der Waals surface area contributed by atoms with Gasteiger partial charge >= 0.3 is 0 Å². The molecule has 0 fully saturated rings. The minimum atomic E-state index is -3.40. The normalized spacial score (nSPS) is 12.1. The van der Waals surface area contributed by atoms with Crippen molar-refractivity contribution < 1.29 is 8.42 Å². The summed E-state index contributed by atoms with van der Waals surface area (Å²) >= 11 is 1.22. The van der Waals surface area contributed by atoms with Gasteiger partial charge in [-0.1, -0.05) is 19.9 Å². The third-order valence-corrected chi connectivity index (χ3v) is 6.51. The first-order chi connectivity index (χ1) is 10.8. The number of anilines is 1. The first-order valence-corrected chi connectivity index (χ1v) is 9.72. The average molecular weight is 355 g/mol. The zero-order valence-electron chi connectivity index (χ0n) is 13.8. The Labute approximate surface area is 141 Å². The Bertz CT molecular complexity index is 743. The number of likely N-dealkylation sites (N-methyl/N-ethyl adjacent to an activating group) is 1. The Morgan fingerprint density at radius 3 is 2.70 bits per heavy atom. The number of rotatable bonds is 7. The molecule has 2 aromatic heterocycles. The van der Waals surface area contributed by atoms with E-state index in [0.29, 0.717) is 17.3 Å². The largest absolute Gasteiger partial charge is 0.369 e. The standard InChI is InChI=1S/C15H22N4O2S2/c1-11(2)15-17-12(3)10-13(18-15)16-7-8-19(4)23(20,21)14-6-5-9-22-14/h5-6,9-11H,7-8H2,1-4H3,(H,16,17,18). The van der Waals surface area contributed by atoms with Crippen LogP contribution in [0.15, 0.2) is 27.8 Å². The van der Waals surface area contributed by atoms with Crippen LogP contribution < -0.4 is 5.32 Å². The highest BCUT2D eigenvalue weighted by Gasteiger charge is 2.21. The van der Waals surface area contributed by atoms with E-state index in [1.54, 1.807) is 24.6 Å². The van der Waals surface area contributed by atoms with Gasteiger partial charge in [-0.3, -0.25) is 0 Å². The lowest BCUT2D eigenvalue weighted by molar-refractivity contribution is 0.482. The molecule has 0 atom stereocenters. The molecule has 0 radical (unpaired) electrons. The van der Waals surface area contributed by atoms with Crippen molar-refractivity contribution in [3.63, 3.8) is 0 Å². The van der Waals surface area contributed by atoms with Crippen molar-refractivity contribution in [3.8, 4) is 0 Å². The molecule has 0 bridgehead atoms. The van der Waals surface area contributed by atoms with Crippen molar-refractivity contribution in [1.29, 1.82) is 0 Å². The van der Waals surface area contributed by atoms with Crippen LogP contribution in [-0.4, -0.2) is 42.8 Å². The Morgan fingerprint density at radius 1 is 1.35 bits per heavy atom. The van der Waals surface area contributed by atoms with Gasteiger partial charge in [0.05, 0.1) is 0 Å². The number of hydrogen-bond acceptors (Lipinski definition) is 6. The molecule has 0 aliphatic rings. The van der Waals surface area contributed by atoms with Gasteiger partial charge in [-0.25, -0.2) is 18.4 Å². The molecule has 0 saturated carbocycles. The van der Waals surface area contributed by atoms with Crippen molar-refractivity contribution in [2.24, 2.45) is 0 Å². The van der Waals surface area contributed by atoms with Crippen molar-refractivity contribution in [3.05, 3.63) is 35.1 Å². The molecular formula is C15H22N4O2S2. The fourth-order valence-corrected chi connectivity index (χ4v) is 4.34. The fourth-order valence-electron chi connectivity index (χ4n) is 1.97. The highest BCUT2D eigenvalue weighted by molar-refractivity contribution is 7.91. The monoisotopic (exact) mass is 354 g/mol. The zero-order chi connectivity index (χ0) is 17.0. The van der Waals surface area contributed by atoms with Gasteiger partial charge in [0.25, 0.3) is 10.0 Å². The van der Waals surface area contributed by atoms with Crippen LogP contribution in [0.1, 0.15) is 31.3 Å². The molecule has 0 amide bonds. The lowest BCUT2D eigenvalue weighted by Gasteiger charge is -2.17. The Balaban J connectivity index is 1.97. The molecule has 23 heavy (non-hydrogen) atoms. The maximum atomic E-state index is 12.3. The summed E-state index contributed by atoms with van der Waals surface area (Å²) in [5.41, 5.74) is 0.894. The van der Waals surface area contributed by atoms with E-state index in [4.69, 9.17) is 0 Å². The van der Waals surface area contributed by atoms with Crippen molar-refractivity contribution >= 4 is 27.2 Å². The highest BCUT2D eigenvalue weighted by Crippen LogP contribution is 2.19. The SMILES string of the molecule is Cc1cc(NCCN(C)S(=O)(=O)c2cccs2)nc(C(C)C)n1. The number of sulfonamides is 1. The lowest BCUT2D eigenvalue weighted by atomic mass is 10.2. The van der Waals surface area contributed by atoms with E-state index in [-0.39, 0.29) is 5.92 Å². The lowest BCUT2D eigenvalue weighted by Crippen LogP contribution is -2.31. The van der Waals surface area contributed by atoms with Crippen molar-refractivity contribution in [2.75, 3.05) is 25.5 Å². The number of thiophene rings is 1. The van der Waals surface area contributed by atoms with Crippen LogP contribution in [0.3, 0.4) is 0 Å². The van der Waals surface area contributed by atoms with Gasteiger partial charge in [-0.05, 0) is 18.4 Å². The number of hydrogen-bond donors (Lipinski definition) is 1. The molecule has 2 heterocycles. The molecule has 0 unspecified atom stereocenters. The first kappa shape index (κ1) is 17.8. The molecule has 0 aliphatic heterocycles. The molecule has 6 nitrogen and oxygen atoms in total. The molecule has 1 N–H and O–H groups in total. The van der Waals surface area contributed by atoms with Crippen LogP contribution in [0.25, 0.3) is 0 Å². The summed E-state index contributed by atoms with van der Waals surface area (Å²) in [6.07, 6.45) is 0. The number of aryl methyl sites for hydroxylation is 1. The smallest absolute Gasteiger partial charge is 0.252 e. The second-order valence-electron chi connectivity index (χ2n) is 5.59. The van der Waals surface area contributed by atoms with E-state index in [1.807, 2.05) is 26.8 Å².